The molecule has 0 spiro atoms. The predicted octanol–water partition coefficient (Wildman–Crippen LogP) is 5.07. The van der Waals surface area contributed by atoms with Crippen LogP contribution in [0.25, 0.3) is 33.4 Å². The van der Waals surface area contributed by atoms with Gasteiger partial charge < -0.3 is 10.0 Å². The number of anilines is 1. The first-order valence-corrected chi connectivity index (χ1v) is 11.8. The lowest BCUT2D eigenvalue weighted by Gasteiger charge is -2.12. The fourth-order valence-corrected chi connectivity index (χ4v) is 5.33. The number of carboxylic acid groups (broad SMARTS) is 1. The number of hydrogen-bond acceptors (Lipinski definition) is 6. The molecule has 0 saturated heterocycles. The lowest BCUT2D eigenvalue weighted by atomic mass is 10.1. The molecule has 0 unspecified atom stereocenters. The van der Waals surface area contributed by atoms with Gasteiger partial charge >= 0.3 is 5.97 Å². The molecular weight excluding hydrogens is 428 g/mol. The molecule has 8 heteroatoms. The highest BCUT2D eigenvalue weighted by Crippen LogP contribution is 2.29. The fraction of sp³-hybridized carbons (Fsp3) is 0.304. The smallest absolute Gasteiger partial charge is 0.303 e. The summed E-state index contributed by atoms with van der Waals surface area (Å²) in [5.41, 5.74) is 5.20. The minimum atomic E-state index is -0.722. The van der Waals surface area contributed by atoms with Crippen LogP contribution in [0.1, 0.15) is 36.3 Å². The topological polar surface area (TPSA) is 70.2 Å². The third kappa shape index (κ3) is 4.75. The number of hydrogen-bond donors (Lipinski definition) is 1. The molecular formula is C23H25N4O2S2+. The monoisotopic (exact) mass is 453 g/mol. The second-order valence-electron chi connectivity index (χ2n) is 7.63. The van der Waals surface area contributed by atoms with Crippen molar-refractivity contribution in [2.24, 2.45) is 0 Å². The van der Waals surface area contributed by atoms with Crippen molar-refractivity contribution >= 4 is 68.1 Å². The fourth-order valence-electron chi connectivity index (χ4n) is 3.66. The van der Waals surface area contributed by atoms with Crippen molar-refractivity contribution in [1.29, 1.82) is 0 Å². The molecule has 0 bridgehead atoms. The molecule has 0 aliphatic carbocycles. The van der Waals surface area contributed by atoms with Crippen molar-refractivity contribution in [3.8, 4) is 0 Å². The van der Waals surface area contributed by atoms with Gasteiger partial charge in [0.15, 0.2) is 6.54 Å². The summed E-state index contributed by atoms with van der Waals surface area (Å²) in [6.07, 6.45) is 7.10. The maximum atomic E-state index is 10.7. The third-order valence-electron chi connectivity index (χ3n) is 5.22. The Hall–Kier alpha value is -2.84. The second kappa shape index (κ2) is 9.53. The largest absolute Gasteiger partial charge is 0.481 e. The van der Waals surface area contributed by atoms with Crippen LogP contribution >= 0.6 is 23.1 Å². The number of aliphatic carboxylic acids is 1. The first-order valence-electron chi connectivity index (χ1n) is 10.3. The van der Waals surface area contributed by atoms with E-state index in [0.717, 1.165) is 48.1 Å². The maximum absolute atomic E-state index is 10.7. The number of carboxylic acids is 1. The molecule has 160 valence electrons. The van der Waals surface area contributed by atoms with Gasteiger partial charge in [0.25, 0.3) is 5.01 Å². The Balaban J connectivity index is 1.62. The lowest BCUT2D eigenvalue weighted by molar-refractivity contribution is -0.669. The zero-order chi connectivity index (χ0) is 21.8. The Morgan fingerprint density at radius 3 is 2.68 bits per heavy atom. The van der Waals surface area contributed by atoms with Gasteiger partial charge in [0.2, 0.25) is 5.52 Å². The van der Waals surface area contributed by atoms with E-state index in [9.17, 15) is 4.79 Å². The Labute approximate surface area is 189 Å². The van der Waals surface area contributed by atoms with Gasteiger partial charge in [0.05, 0.1) is 17.4 Å². The van der Waals surface area contributed by atoms with Gasteiger partial charge in [-0.3, -0.25) is 4.79 Å². The summed E-state index contributed by atoms with van der Waals surface area (Å²) in [6, 6.07) is 12.6. The molecule has 31 heavy (non-hydrogen) atoms. The first-order chi connectivity index (χ1) is 15.0. The van der Waals surface area contributed by atoms with Crippen molar-refractivity contribution in [1.82, 2.24) is 8.75 Å². The molecule has 0 saturated carbocycles. The molecule has 0 radical (unpaired) electrons. The zero-order valence-electron chi connectivity index (χ0n) is 17.6. The van der Waals surface area contributed by atoms with Crippen molar-refractivity contribution in [2.75, 3.05) is 19.0 Å². The van der Waals surface area contributed by atoms with E-state index in [-0.39, 0.29) is 6.42 Å². The number of rotatable bonds is 9. The van der Waals surface area contributed by atoms with E-state index in [0.29, 0.717) is 0 Å². The van der Waals surface area contributed by atoms with Crippen LogP contribution in [0.15, 0.2) is 36.4 Å². The van der Waals surface area contributed by atoms with Crippen LogP contribution < -0.4 is 9.47 Å². The molecule has 1 N–H and O–H groups in total. The highest BCUT2D eigenvalue weighted by atomic mass is 32.1. The van der Waals surface area contributed by atoms with E-state index < -0.39 is 5.97 Å². The SMILES string of the molecule is CN(C)c1ccc(/C=C/c2sc3ccccc3[n+]2CCCCCC(=O)O)c2nsnc12. The summed E-state index contributed by atoms with van der Waals surface area (Å²) in [6.45, 7) is 0.872. The Bertz CT molecular complexity index is 1240. The number of aromatic nitrogens is 3. The Morgan fingerprint density at radius 1 is 1.06 bits per heavy atom. The van der Waals surface area contributed by atoms with Crippen molar-refractivity contribution in [3.63, 3.8) is 0 Å². The van der Waals surface area contributed by atoms with Crippen LogP contribution in [0.5, 0.6) is 0 Å². The standard InChI is InChI=1S/C23H24N4O2S2/c1-26(2)18-13-11-16(22-23(18)25-31-24-22)12-14-20-27(15-7-3-4-10-21(28)29)17-8-5-6-9-19(17)30-20/h5-6,8-9,11-14H,3-4,7,10,15H2,1-2H3/p+1. The summed E-state index contributed by atoms with van der Waals surface area (Å²) >= 11 is 3.01. The second-order valence-corrected chi connectivity index (χ2v) is 9.22. The lowest BCUT2D eigenvalue weighted by Crippen LogP contribution is -2.35. The van der Waals surface area contributed by atoms with Gasteiger partial charge in [-0.2, -0.15) is 13.3 Å². The molecule has 4 rings (SSSR count). The van der Waals surface area contributed by atoms with Gasteiger partial charge in [-0.1, -0.05) is 29.5 Å². The number of aryl methyl sites for hydroxylation is 1. The number of benzene rings is 2. The van der Waals surface area contributed by atoms with Gasteiger partial charge in [-0.15, -0.1) is 0 Å². The number of carbonyl (C=O) groups is 1. The number of nitrogens with zero attached hydrogens (tertiary/aromatic N) is 4. The van der Waals surface area contributed by atoms with Crippen LogP contribution in [0, 0.1) is 0 Å². The van der Waals surface area contributed by atoms with Crippen molar-refractivity contribution in [2.45, 2.75) is 32.2 Å². The Kier molecular flexibility index (Phi) is 6.58. The third-order valence-corrected chi connectivity index (χ3v) is 6.88. The summed E-state index contributed by atoms with van der Waals surface area (Å²) < 4.78 is 12.6. The minimum absolute atomic E-state index is 0.239. The summed E-state index contributed by atoms with van der Waals surface area (Å²) in [7, 11) is 4.03. The summed E-state index contributed by atoms with van der Waals surface area (Å²) in [5, 5.41) is 10.0. The molecule has 0 aliphatic heterocycles. The van der Waals surface area contributed by atoms with Gasteiger partial charge in [-0.25, -0.2) is 0 Å². The molecule has 0 amide bonds. The van der Waals surface area contributed by atoms with Gasteiger partial charge in [-0.05, 0) is 31.1 Å². The normalized spacial score (nSPS) is 11.7. The summed E-state index contributed by atoms with van der Waals surface area (Å²) in [4.78, 5) is 12.8. The molecule has 0 aliphatic rings. The highest BCUT2D eigenvalue weighted by molar-refractivity contribution is 7.18. The van der Waals surface area contributed by atoms with E-state index >= 15 is 0 Å². The van der Waals surface area contributed by atoms with Crippen molar-refractivity contribution in [3.05, 3.63) is 47.0 Å². The molecule has 2 heterocycles. The average molecular weight is 454 g/mol. The van der Waals surface area contributed by atoms with Crippen molar-refractivity contribution < 1.29 is 14.5 Å². The van der Waals surface area contributed by atoms with E-state index in [1.54, 1.807) is 11.3 Å². The number of para-hydroxylation sites is 1. The van der Waals surface area contributed by atoms with E-state index in [1.807, 2.05) is 14.1 Å². The zero-order valence-corrected chi connectivity index (χ0v) is 19.2. The average Bonchev–Trinajstić information content (AvgIpc) is 3.36. The van der Waals surface area contributed by atoms with E-state index in [2.05, 4.69) is 66.8 Å². The molecule has 0 atom stereocenters. The molecule has 6 nitrogen and oxygen atoms in total. The Morgan fingerprint density at radius 2 is 1.87 bits per heavy atom. The number of unbranched alkanes of at least 4 members (excludes halogenated alkanes) is 2. The van der Waals surface area contributed by atoms with Gasteiger partial charge in [0.1, 0.15) is 15.7 Å². The molecule has 0 fully saturated rings. The molecule has 2 aromatic carbocycles. The van der Waals surface area contributed by atoms with Crippen LogP contribution in [-0.2, 0) is 11.3 Å². The number of thiazole rings is 1. The van der Waals surface area contributed by atoms with Crippen LogP contribution in [0.2, 0.25) is 0 Å². The maximum Gasteiger partial charge on any atom is 0.303 e. The summed E-state index contributed by atoms with van der Waals surface area (Å²) in [5.74, 6) is -0.722. The van der Waals surface area contributed by atoms with E-state index in [1.165, 1.54) is 27.0 Å². The first kappa shape index (κ1) is 21.4. The van der Waals surface area contributed by atoms with E-state index in [4.69, 9.17) is 5.11 Å². The predicted molar refractivity (Wildman–Crippen MR) is 129 cm³/mol. The number of fused-ring (bicyclic) bond motifs is 2. The van der Waals surface area contributed by atoms with Crippen LogP contribution in [0.4, 0.5) is 5.69 Å². The van der Waals surface area contributed by atoms with Crippen LogP contribution in [0.3, 0.4) is 0 Å². The molecule has 2 aromatic heterocycles. The van der Waals surface area contributed by atoms with Gasteiger partial charge in [0, 0.05) is 44.6 Å². The quantitative estimate of drug-likeness (QED) is 0.283. The minimum Gasteiger partial charge on any atom is -0.481 e. The highest BCUT2D eigenvalue weighted by Gasteiger charge is 2.18. The molecule has 4 aromatic rings. The van der Waals surface area contributed by atoms with Crippen LogP contribution in [-0.4, -0.2) is 33.9 Å².